The van der Waals surface area contributed by atoms with Gasteiger partial charge in [-0.2, -0.15) is 0 Å². The molecule has 0 bridgehead atoms. The zero-order valence-electron chi connectivity index (χ0n) is 20.1. The van der Waals surface area contributed by atoms with Crippen molar-refractivity contribution in [2.45, 2.75) is 107 Å². The first-order chi connectivity index (χ1) is 14.8. The Bertz CT molecular complexity index is 552. The molecule has 1 heterocycles. The first-order valence-electron chi connectivity index (χ1n) is 12.9. The molecule has 0 radical (unpaired) electrons. The van der Waals surface area contributed by atoms with E-state index in [2.05, 4.69) is 67.5 Å². The quantitative estimate of drug-likeness (QED) is 0.118. The third kappa shape index (κ3) is 8.90. The summed E-state index contributed by atoms with van der Waals surface area (Å²) >= 11 is -0.267. The van der Waals surface area contributed by atoms with Crippen molar-refractivity contribution in [2.24, 2.45) is 0 Å². The van der Waals surface area contributed by atoms with Gasteiger partial charge in [-0.3, -0.25) is 0 Å². The number of thioether (sulfide) groups is 1. The molecule has 1 saturated heterocycles. The molecule has 0 aromatic heterocycles. The van der Waals surface area contributed by atoms with Crippen molar-refractivity contribution in [3.05, 3.63) is 41.8 Å². The second-order valence-electron chi connectivity index (χ2n) is 9.31. The summed E-state index contributed by atoms with van der Waals surface area (Å²) in [6.45, 7) is 9.94. The zero-order valence-corrected chi connectivity index (χ0v) is 23.8. The fourth-order valence-corrected chi connectivity index (χ4v) is 25.4. The summed E-state index contributed by atoms with van der Waals surface area (Å²) in [5.74, 6) is 0. The van der Waals surface area contributed by atoms with Crippen LogP contribution in [0.1, 0.15) is 85.0 Å². The van der Waals surface area contributed by atoms with E-state index in [1.807, 2.05) is 11.8 Å². The van der Waals surface area contributed by atoms with E-state index in [0.717, 1.165) is 4.06 Å². The number of hydrogen-bond donors (Lipinski definition) is 0. The van der Waals surface area contributed by atoms with Gasteiger partial charge in [-0.1, -0.05) is 0 Å². The van der Waals surface area contributed by atoms with Crippen molar-refractivity contribution >= 4 is 30.1 Å². The molecule has 0 aliphatic carbocycles. The minimum absolute atomic E-state index is 1.05. The van der Waals surface area contributed by atoms with Crippen molar-refractivity contribution in [1.82, 2.24) is 4.90 Å². The molecule has 0 unspecified atom stereocenters. The van der Waals surface area contributed by atoms with Crippen LogP contribution < -0.4 is 0 Å². The Labute approximate surface area is 196 Å². The van der Waals surface area contributed by atoms with Crippen molar-refractivity contribution in [3.63, 3.8) is 0 Å². The fraction of sp³-hybridized carbons (Fsp3) is 0.704. The number of unbranched alkanes of at least 4 members (excludes halogenated alkanes) is 4. The Morgan fingerprint density at radius 1 is 0.933 bits per heavy atom. The van der Waals surface area contributed by atoms with E-state index in [9.17, 15) is 0 Å². The van der Waals surface area contributed by atoms with Gasteiger partial charge in [-0.05, 0) is 0 Å². The van der Waals surface area contributed by atoms with E-state index < -0.39 is 18.4 Å². The van der Waals surface area contributed by atoms with Gasteiger partial charge in [-0.25, -0.2) is 0 Å². The third-order valence-electron chi connectivity index (χ3n) is 7.01. The number of nitrogens with zero attached hydrogens (tertiary/aromatic N) is 1. The van der Waals surface area contributed by atoms with Crippen LogP contribution in [-0.4, -0.2) is 40.4 Å². The summed E-state index contributed by atoms with van der Waals surface area (Å²) in [4.78, 5) is 4.34. The van der Waals surface area contributed by atoms with Gasteiger partial charge in [0.1, 0.15) is 0 Å². The SMILES string of the molecule is CCC[CH2][Sn]([CH2]CCC)([CH2]CCC)[C@H]1CCCN1CCC/C=C\Sc1ccccc1. The number of hydrogen-bond acceptors (Lipinski definition) is 2. The minimum atomic E-state index is -2.12. The standard InChI is InChI=1S/C15H20NS.3C4H9.Sn/c1-3-9-15(10-4-1)17-14-8-2-5-11-16-12-6-7-13-16;3*1-3-4-2;/h1,3-4,8-10,12,14H,2,5-7,11,13H2;3*1,3-4H2,2H3;/b14-8-;;;;. The number of rotatable bonds is 16. The predicted octanol–water partition coefficient (Wildman–Crippen LogP) is 8.93. The van der Waals surface area contributed by atoms with Gasteiger partial charge >= 0.3 is 197 Å². The molecular weight excluding hydrogens is 489 g/mol. The molecule has 1 fully saturated rings. The molecule has 1 aliphatic rings. The summed E-state index contributed by atoms with van der Waals surface area (Å²) in [7, 11) is 0. The van der Waals surface area contributed by atoms with Crippen LogP contribution in [0.2, 0.25) is 13.3 Å². The van der Waals surface area contributed by atoms with Gasteiger partial charge in [0.2, 0.25) is 0 Å². The molecule has 1 atom stereocenters. The van der Waals surface area contributed by atoms with Crippen LogP contribution in [0.5, 0.6) is 0 Å². The van der Waals surface area contributed by atoms with Crippen molar-refractivity contribution in [1.29, 1.82) is 0 Å². The predicted molar refractivity (Wildman–Crippen MR) is 140 cm³/mol. The average Bonchev–Trinajstić information content (AvgIpc) is 3.26. The zero-order chi connectivity index (χ0) is 21.5. The molecule has 1 aromatic carbocycles. The number of allylic oxidation sites excluding steroid dienone is 1. The first kappa shape index (κ1) is 26.3. The maximum absolute atomic E-state index is 3.00. The Balaban J connectivity index is 1.90. The normalized spacial score (nSPS) is 17.9. The van der Waals surface area contributed by atoms with Gasteiger partial charge in [0.15, 0.2) is 0 Å². The van der Waals surface area contributed by atoms with Gasteiger partial charge < -0.3 is 0 Å². The van der Waals surface area contributed by atoms with Crippen LogP contribution in [0, 0.1) is 0 Å². The second kappa shape index (κ2) is 15.8. The van der Waals surface area contributed by atoms with E-state index in [-0.39, 0.29) is 0 Å². The van der Waals surface area contributed by atoms with E-state index >= 15 is 0 Å². The molecule has 2 rings (SSSR count). The molecular formula is C27H47NSSn. The molecule has 30 heavy (non-hydrogen) atoms. The summed E-state index contributed by atoms with van der Waals surface area (Å²) in [5.41, 5.74) is 0. The molecule has 170 valence electrons. The average molecular weight is 536 g/mol. The van der Waals surface area contributed by atoms with Gasteiger partial charge in [0.05, 0.1) is 0 Å². The van der Waals surface area contributed by atoms with Crippen LogP contribution in [0.15, 0.2) is 46.7 Å². The van der Waals surface area contributed by atoms with Crippen LogP contribution in [0.3, 0.4) is 0 Å². The summed E-state index contributed by atoms with van der Waals surface area (Å²) in [6.07, 6.45) is 16.7. The van der Waals surface area contributed by atoms with Gasteiger partial charge in [0, 0.05) is 0 Å². The Hall–Kier alpha value is 0.0687. The molecule has 1 aliphatic heterocycles. The molecule has 0 saturated carbocycles. The van der Waals surface area contributed by atoms with Crippen LogP contribution in [-0.2, 0) is 0 Å². The van der Waals surface area contributed by atoms with E-state index in [1.54, 1.807) is 13.3 Å². The van der Waals surface area contributed by atoms with Gasteiger partial charge in [-0.15, -0.1) is 0 Å². The molecule has 3 heteroatoms. The summed E-state index contributed by atoms with van der Waals surface area (Å²) in [6, 6.07) is 10.7. The first-order valence-corrected chi connectivity index (χ1v) is 21.4. The molecule has 0 amide bonds. The Kier molecular flexibility index (Phi) is 13.9. The molecule has 0 N–H and O–H groups in total. The van der Waals surface area contributed by atoms with Crippen molar-refractivity contribution in [2.75, 3.05) is 13.1 Å². The van der Waals surface area contributed by atoms with E-state index in [1.165, 1.54) is 82.2 Å². The van der Waals surface area contributed by atoms with E-state index in [0.29, 0.717) is 0 Å². The van der Waals surface area contributed by atoms with Crippen LogP contribution in [0.25, 0.3) is 0 Å². The summed E-state index contributed by atoms with van der Waals surface area (Å²) in [5, 5.41) is 2.30. The van der Waals surface area contributed by atoms with Crippen LogP contribution >= 0.6 is 11.8 Å². The second-order valence-corrected chi connectivity index (χ2v) is 24.3. The monoisotopic (exact) mass is 537 g/mol. The summed E-state index contributed by atoms with van der Waals surface area (Å²) < 4.78 is 6.05. The third-order valence-corrected chi connectivity index (χ3v) is 25.3. The van der Waals surface area contributed by atoms with Gasteiger partial charge in [0.25, 0.3) is 0 Å². The Morgan fingerprint density at radius 3 is 2.17 bits per heavy atom. The van der Waals surface area contributed by atoms with Crippen molar-refractivity contribution in [3.8, 4) is 0 Å². The number of likely N-dealkylation sites (tertiary alicyclic amines) is 1. The number of benzene rings is 1. The molecule has 1 aromatic rings. The molecule has 1 nitrogen and oxygen atoms in total. The fourth-order valence-electron chi connectivity index (χ4n) is 5.35. The van der Waals surface area contributed by atoms with Crippen molar-refractivity contribution < 1.29 is 0 Å². The maximum atomic E-state index is 3.00. The van der Waals surface area contributed by atoms with E-state index in [4.69, 9.17) is 0 Å². The topological polar surface area (TPSA) is 3.24 Å². The Morgan fingerprint density at radius 2 is 1.57 bits per heavy atom. The molecule has 0 spiro atoms. The van der Waals surface area contributed by atoms with Crippen LogP contribution in [0.4, 0.5) is 0 Å².